The summed E-state index contributed by atoms with van der Waals surface area (Å²) in [5.41, 5.74) is 16.2. The normalized spacial score (nSPS) is 11.5. The minimum atomic E-state index is 0.828. The number of nitrogens with zero attached hydrogens (tertiary/aromatic N) is 1. The fraction of sp³-hybridized carbons (Fsp3) is 0. The van der Waals surface area contributed by atoms with Gasteiger partial charge in [-0.2, -0.15) is 0 Å². The lowest BCUT2D eigenvalue weighted by atomic mass is 9.80. The average Bonchev–Trinajstić information content (AvgIpc) is 3.94. The van der Waals surface area contributed by atoms with Crippen LogP contribution in [-0.2, 0) is 0 Å². The Bertz CT molecular complexity index is 3580. The van der Waals surface area contributed by atoms with Gasteiger partial charge in [0.15, 0.2) is 5.58 Å². The lowest BCUT2D eigenvalue weighted by Gasteiger charge is -2.26. The smallest absolute Gasteiger partial charge is 0.159 e. The van der Waals surface area contributed by atoms with Crippen molar-refractivity contribution < 1.29 is 4.42 Å². The molecule has 0 aliphatic rings. The van der Waals surface area contributed by atoms with Crippen LogP contribution in [-0.4, -0.2) is 0 Å². The quantitative estimate of drug-likeness (QED) is 0.152. The molecule has 10 aromatic carbocycles. The van der Waals surface area contributed by atoms with Gasteiger partial charge >= 0.3 is 0 Å². The lowest BCUT2D eigenvalue weighted by Crippen LogP contribution is -2.10. The largest absolute Gasteiger partial charge is 0.453 e. The Labute approximate surface area is 370 Å². The van der Waals surface area contributed by atoms with Gasteiger partial charge in [0.1, 0.15) is 5.58 Å². The van der Waals surface area contributed by atoms with Crippen LogP contribution < -0.4 is 4.90 Å². The highest BCUT2D eigenvalue weighted by molar-refractivity contribution is 7.25. The summed E-state index contributed by atoms with van der Waals surface area (Å²) < 4.78 is 10.1. The summed E-state index contributed by atoms with van der Waals surface area (Å²) in [5, 5.41) is 4.70. The van der Waals surface area contributed by atoms with E-state index in [-0.39, 0.29) is 0 Å². The molecular weight excluding hydrogens is 783 g/mol. The Hall–Kier alpha value is -7.98. The summed E-state index contributed by atoms with van der Waals surface area (Å²) in [6, 6.07) is 85.1. The molecule has 0 aliphatic carbocycles. The Kier molecular flexibility index (Phi) is 9.06. The average molecular weight is 822 g/mol. The monoisotopic (exact) mass is 821 g/mol. The van der Waals surface area contributed by atoms with Crippen LogP contribution in [0.15, 0.2) is 241 Å². The number of furan rings is 1. The van der Waals surface area contributed by atoms with Gasteiger partial charge in [-0.25, -0.2) is 0 Å². The molecule has 0 saturated heterocycles. The predicted octanol–water partition coefficient (Wildman–Crippen LogP) is 17.8. The van der Waals surface area contributed by atoms with Crippen molar-refractivity contribution in [1.82, 2.24) is 0 Å². The molecule has 0 atom stereocenters. The molecule has 63 heavy (non-hydrogen) atoms. The van der Waals surface area contributed by atoms with E-state index in [2.05, 4.69) is 241 Å². The number of para-hydroxylation sites is 1. The molecule has 0 radical (unpaired) electrons. The van der Waals surface area contributed by atoms with Crippen LogP contribution in [0.5, 0.6) is 0 Å². The highest BCUT2D eigenvalue weighted by Crippen LogP contribution is 2.55. The third-order valence-corrected chi connectivity index (χ3v) is 13.4. The van der Waals surface area contributed by atoms with Gasteiger partial charge in [-0.15, -0.1) is 11.3 Å². The first-order valence-corrected chi connectivity index (χ1v) is 22.2. The molecule has 0 fully saturated rings. The molecular formula is C60H39NOS. The molecule has 296 valence electrons. The van der Waals surface area contributed by atoms with Gasteiger partial charge in [-0.05, 0) is 75.3 Å². The summed E-state index contributed by atoms with van der Waals surface area (Å²) in [4.78, 5) is 2.38. The highest BCUT2D eigenvalue weighted by Gasteiger charge is 2.29. The number of thiophene rings is 1. The highest BCUT2D eigenvalue weighted by atomic mass is 32.1. The summed E-state index contributed by atoms with van der Waals surface area (Å²) in [6.45, 7) is 0. The second-order valence-corrected chi connectivity index (χ2v) is 17.0. The number of anilines is 3. The standard InChI is InChI=1S/C60H39NOS/c1-6-19-40(20-7-1)41-33-35-46(36-34-41)61(47-37-38-49-48-29-16-17-32-52(48)63-53(49)39-47)51-31-18-30-50-58-56(44-25-12-4-13-26-44)54(42-21-8-2-9-22-42)55(43-23-10-3-11-24-43)57(60(58)62-59(50)51)45-27-14-5-15-28-45/h1-39H. The maximum Gasteiger partial charge on any atom is 0.159 e. The van der Waals surface area contributed by atoms with Crippen molar-refractivity contribution in [2.45, 2.75) is 0 Å². The molecule has 2 nitrogen and oxygen atoms in total. The summed E-state index contributed by atoms with van der Waals surface area (Å²) in [5.74, 6) is 0. The third kappa shape index (κ3) is 6.33. The minimum Gasteiger partial charge on any atom is -0.453 e. The van der Waals surface area contributed by atoms with Gasteiger partial charge in [0, 0.05) is 59.0 Å². The van der Waals surface area contributed by atoms with E-state index in [1.54, 1.807) is 0 Å². The first kappa shape index (κ1) is 36.8. The molecule has 0 bridgehead atoms. The predicted molar refractivity (Wildman–Crippen MR) is 268 cm³/mol. The van der Waals surface area contributed by atoms with Gasteiger partial charge in [-0.3, -0.25) is 0 Å². The van der Waals surface area contributed by atoms with Crippen molar-refractivity contribution in [3.8, 4) is 55.6 Å². The van der Waals surface area contributed by atoms with E-state index in [1.165, 1.54) is 36.9 Å². The van der Waals surface area contributed by atoms with E-state index in [1.807, 2.05) is 11.3 Å². The Balaban J connectivity index is 1.21. The van der Waals surface area contributed by atoms with E-state index in [0.29, 0.717) is 0 Å². The maximum absolute atomic E-state index is 7.60. The fourth-order valence-electron chi connectivity index (χ4n) is 9.47. The van der Waals surface area contributed by atoms with Crippen molar-refractivity contribution in [3.63, 3.8) is 0 Å². The molecule has 12 rings (SSSR count). The van der Waals surface area contributed by atoms with Crippen LogP contribution in [0.1, 0.15) is 0 Å². The van der Waals surface area contributed by atoms with E-state index in [4.69, 9.17) is 4.42 Å². The molecule has 0 unspecified atom stereocenters. The Morgan fingerprint density at radius 3 is 1.38 bits per heavy atom. The summed E-state index contributed by atoms with van der Waals surface area (Å²) in [6.07, 6.45) is 0. The third-order valence-electron chi connectivity index (χ3n) is 12.3. The topological polar surface area (TPSA) is 16.4 Å². The van der Waals surface area contributed by atoms with Crippen molar-refractivity contribution in [1.29, 1.82) is 0 Å². The molecule has 3 heteroatoms. The van der Waals surface area contributed by atoms with Crippen LogP contribution >= 0.6 is 11.3 Å². The van der Waals surface area contributed by atoms with Crippen molar-refractivity contribution >= 4 is 70.5 Å². The number of hydrogen-bond donors (Lipinski definition) is 0. The molecule has 2 aromatic heterocycles. The summed E-state index contributed by atoms with van der Waals surface area (Å²) in [7, 11) is 0. The van der Waals surface area contributed by atoms with Crippen LogP contribution in [0.4, 0.5) is 17.1 Å². The van der Waals surface area contributed by atoms with Gasteiger partial charge in [0.25, 0.3) is 0 Å². The molecule has 2 heterocycles. The van der Waals surface area contributed by atoms with E-state index < -0.39 is 0 Å². The number of hydrogen-bond acceptors (Lipinski definition) is 3. The molecule has 0 N–H and O–H groups in total. The molecule has 0 saturated carbocycles. The zero-order valence-corrected chi connectivity index (χ0v) is 35.1. The SMILES string of the molecule is c1ccc(-c2ccc(N(c3ccc4c(c3)sc3ccccc34)c3cccc4c3oc3c(-c5ccccc5)c(-c5ccccc5)c(-c5ccccc5)c(-c5ccccc5)c34)cc2)cc1. The number of benzene rings is 10. The molecule has 12 aromatic rings. The van der Waals surface area contributed by atoms with Gasteiger partial charge in [-0.1, -0.05) is 200 Å². The van der Waals surface area contributed by atoms with E-state index >= 15 is 0 Å². The number of fused-ring (bicyclic) bond motifs is 6. The van der Waals surface area contributed by atoms with Crippen molar-refractivity contribution in [3.05, 3.63) is 237 Å². The Morgan fingerprint density at radius 2 is 0.762 bits per heavy atom. The second-order valence-electron chi connectivity index (χ2n) is 16.0. The van der Waals surface area contributed by atoms with Gasteiger partial charge in [0.05, 0.1) is 5.69 Å². The Morgan fingerprint density at radius 1 is 0.302 bits per heavy atom. The van der Waals surface area contributed by atoms with Gasteiger partial charge in [0.2, 0.25) is 0 Å². The first-order chi connectivity index (χ1) is 31.3. The molecule has 0 aliphatic heterocycles. The minimum absolute atomic E-state index is 0.828. The summed E-state index contributed by atoms with van der Waals surface area (Å²) >= 11 is 1.84. The van der Waals surface area contributed by atoms with Crippen molar-refractivity contribution in [2.75, 3.05) is 4.90 Å². The van der Waals surface area contributed by atoms with Crippen LogP contribution in [0.25, 0.3) is 97.7 Å². The second kappa shape index (κ2) is 15.5. The van der Waals surface area contributed by atoms with Crippen LogP contribution in [0.3, 0.4) is 0 Å². The maximum atomic E-state index is 7.60. The fourth-order valence-corrected chi connectivity index (χ4v) is 10.6. The van der Waals surface area contributed by atoms with Gasteiger partial charge < -0.3 is 9.32 Å². The lowest BCUT2D eigenvalue weighted by molar-refractivity contribution is 0.670. The van der Waals surface area contributed by atoms with Crippen molar-refractivity contribution in [2.24, 2.45) is 0 Å². The zero-order chi connectivity index (χ0) is 41.7. The number of rotatable bonds is 8. The zero-order valence-electron chi connectivity index (χ0n) is 34.3. The van der Waals surface area contributed by atoms with Crippen LogP contribution in [0.2, 0.25) is 0 Å². The molecule has 0 amide bonds. The molecule has 0 spiro atoms. The van der Waals surface area contributed by atoms with E-state index in [0.717, 1.165) is 77.9 Å². The van der Waals surface area contributed by atoms with Crippen LogP contribution in [0, 0.1) is 0 Å². The first-order valence-electron chi connectivity index (χ1n) is 21.4. The van der Waals surface area contributed by atoms with E-state index in [9.17, 15) is 0 Å².